The van der Waals surface area contributed by atoms with Gasteiger partial charge in [-0.25, -0.2) is 4.39 Å². The van der Waals surface area contributed by atoms with Crippen molar-refractivity contribution in [3.8, 4) is 0 Å². The number of hydrogen-bond acceptors (Lipinski definition) is 3. The van der Waals surface area contributed by atoms with Crippen LogP contribution in [-0.2, 0) is 9.59 Å². The number of nitrogens with zero attached hydrogens (tertiary/aromatic N) is 1. The molecule has 5 nitrogen and oxygen atoms in total. The molecule has 1 aliphatic heterocycles. The summed E-state index contributed by atoms with van der Waals surface area (Å²) in [6, 6.07) is 5.38. The molecule has 0 bridgehead atoms. The molecule has 0 unspecified atom stereocenters. The lowest BCUT2D eigenvalue weighted by Gasteiger charge is -2.26. The Labute approximate surface area is 129 Å². The first kappa shape index (κ1) is 16.4. The molecule has 2 N–H and O–H groups in total. The third kappa shape index (κ3) is 3.62. The quantitative estimate of drug-likeness (QED) is 0.834. The van der Waals surface area contributed by atoms with E-state index < -0.39 is 18.0 Å². The molecule has 0 spiro atoms. The maximum absolute atomic E-state index is 13.6. The summed E-state index contributed by atoms with van der Waals surface area (Å²) in [7, 11) is 0. The van der Waals surface area contributed by atoms with Gasteiger partial charge in [0.25, 0.3) is 0 Å². The van der Waals surface area contributed by atoms with Crippen LogP contribution >= 0.6 is 0 Å². The Morgan fingerprint density at radius 2 is 2.18 bits per heavy atom. The minimum absolute atomic E-state index is 0.0170. The van der Waals surface area contributed by atoms with Crippen LogP contribution in [0.15, 0.2) is 24.3 Å². The molecule has 120 valence electrons. The number of likely N-dealkylation sites (tertiary alicyclic amines) is 1. The molecule has 6 heteroatoms. The monoisotopic (exact) mass is 308 g/mol. The molecule has 2 atom stereocenters. The van der Waals surface area contributed by atoms with Gasteiger partial charge in [0.1, 0.15) is 11.9 Å². The molecule has 2 rings (SSSR count). The van der Waals surface area contributed by atoms with Gasteiger partial charge in [-0.2, -0.15) is 0 Å². The van der Waals surface area contributed by atoms with Crippen molar-refractivity contribution in [1.29, 1.82) is 0 Å². The van der Waals surface area contributed by atoms with Gasteiger partial charge in [-0.15, -0.1) is 0 Å². The van der Waals surface area contributed by atoms with E-state index in [1.54, 1.807) is 11.0 Å². The zero-order chi connectivity index (χ0) is 16.1. The van der Waals surface area contributed by atoms with E-state index in [4.69, 9.17) is 0 Å². The number of aliphatic hydroxyl groups is 1. The summed E-state index contributed by atoms with van der Waals surface area (Å²) in [5.74, 6) is -0.837. The first-order valence-electron chi connectivity index (χ1n) is 7.54. The molecule has 0 saturated carbocycles. The van der Waals surface area contributed by atoms with Gasteiger partial charge in [0, 0.05) is 25.1 Å². The van der Waals surface area contributed by atoms with Gasteiger partial charge in [-0.1, -0.05) is 25.1 Å². The van der Waals surface area contributed by atoms with Crippen molar-refractivity contribution >= 4 is 11.8 Å². The van der Waals surface area contributed by atoms with Gasteiger partial charge in [-0.3, -0.25) is 9.59 Å². The topological polar surface area (TPSA) is 69.6 Å². The first-order valence-corrected chi connectivity index (χ1v) is 7.54. The normalized spacial score (nSPS) is 17.4. The van der Waals surface area contributed by atoms with E-state index in [1.165, 1.54) is 18.2 Å². The minimum atomic E-state index is -1.11. The molecule has 1 aromatic carbocycles. The molecular formula is C16H21FN2O3. The highest BCUT2D eigenvalue weighted by Gasteiger charge is 2.31. The lowest BCUT2D eigenvalue weighted by atomic mass is 10.1. The number of hydrogen-bond donors (Lipinski definition) is 2. The second kappa shape index (κ2) is 7.35. The van der Waals surface area contributed by atoms with Crippen LogP contribution in [0.1, 0.15) is 37.9 Å². The molecule has 1 aliphatic rings. The Balaban J connectivity index is 1.94. The maximum atomic E-state index is 13.6. The number of carbonyl (C=O) groups excluding carboxylic acids is 2. The smallest absolute Gasteiger partial charge is 0.242 e. The predicted molar refractivity (Wildman–Crippen MR) is 79.4 cm³/mol. The van der Waals surface area contributed by atoms with E-state index in [2.05, 4.69) is 5.32 Å². The fourth-order valence-corrected chi connectivity index (χ4v) is 2.72. The Bertz CT molecular complexity index is 550. The van der Waals surface area contributed by atoms with Crippen molar-refractivity contribution in [2.75, 3.05) is 13.1 Å². The van der Waals surface area contributed by atoms with Gasteiger partial charge in [-0.05, 0) is 18.9 Å². The Morgan fingerprint density at radius 1 is 1.45 bits per heavy atom. The molecule has 0 aliphatic carbocycles. The molecule has 1 heterocycles. The second-order valence-corrected chi connectivity index (χ2v) is 5.40. The average Bonchev–Trinajstić information content (AvgIpc) is 2.92. The Kier molecular flexibility index (Phi) is 5.49. The largest absolute Gasteiger partial charge is 0.386 e. The van der Waals surface area contributed by atoms with Crippen LogP contribution in [0.2, 0.25) is 0 Å². The second-order valence-electron chi connectivity index (χ2n) is 5.40. The number of carbonyl (C=O) groups is 2. The number of nitrogens with one attached hydrogen (secondary N) is 1. The van der Waals surface area contributed by atoms with Gasteiger partial charge >= 0.3 is 0 Å². The zero-order valence-corrected chi connectivity index (χ0v) is 12.6. The standard InChI is InChI=1S/C16H21FN2O3/c1-2-13(19-9-5-8-15(19)21)16(22)18-10-14(20)11-6-3-4-7-12(11)17/h3-4,6-7,13-14,20H,2,5,8-10H2,1H3,(H,18,22)/t13-,14+/m1/s1. The average molecular weight is 308 g/mol. The van der Waals surface area contributed by atoms with Gasteiger partial charge in [0.2, 0.25) is 11.8 Å². The van der Waals surface area contributed by atoms with Crippen LogP contribution in [-0.4, -0.2) is 41.0 Å². The molecule has 2 amide bonds. The molecule has 0 radical (unpaired) electrons. The van der Waals surface area contributed by atoms with Crippen LogP contribution in [0, 0.1) is 5.82 Å². The van der Waals surface area contributed by atoms with Gasteiger partial charge in [0.15, 0.2) is 0 Å². The Hall–Kier alpha value is -1.95. The minimum Gasteiger partial charge on any atom is -0.386 e. The van der Waals surface area contributed by atoms with Crippen LogP contribution < -0.4 is 5.32 Å². The first-order chi connectivity index (χ1) is 10.5. The van der Waals surface area contributed by atoms with Crippen molar-refractivity contribution in [2.24, 2.45) is 0 Å². The highest BCUT2D eigenvalue weighted by atomic mass is 19.1. The highest BCUT2D eigenvalue weighted by Crippen LogP contribution is 2.18. The predicted octanol–water partition coefficient (Wildman–Crippen LogP) is 1.38. The zero-order valence-electron chi connectivity index (χ0n) is 12.6. The SMILES string of the molecule is CC[C@H](C(=O)NC[C@H](O)c1ccccc1F)N1CCCC1=O. The summed E-state index contributed by atoms with van der Waals surface area (Å²) in [4.78, 5) is 25.5. The summed E-state index contributed by atoms with van der Waals surface area (Å²) in [5, 5.41) is 12.6. The number of rotatable bonds is 6. The molecule has 1 saturated heterocycles. The number of halogens is 1. The summed E-state index contributed by atoms with van der Waals surface area (Å²) >= 11 is 0. The van der Waals surface area contributed by atoms with Crippen molar-refractivity contribution in [3.05, 3.63) is 35.6 Å². The molecule has 1 aromatic rings. The summed E-state index contributed by atoms with van der Waals surface area (Å²) in [5.41, 5.74) is 0.146. The third-order valence-electron chi connectivity index (χ3n) is 3.91. The van der Waals surface area contributed by atoms with E-state index in [0.717, 1.165) is 6.42 Å². The number of aliphatic hydroxyl groups excluding tert-OH is 1. The van der Waals surface area contributed by atoms with Crippen LogP contribution in [0.25, 0.3) is 0 Å². The van der Waals surface area contributed by atoms with Crippen molar-refractivity contribution in [3.63, 3.8) is 0 Å². The maximum Gasteiger partial charge on any atom is 0.242 e. The van der Waals surface area contributed by atoms with Crippen LogP contribution in [0.4, 0.5) is 4.39 Å². The fraction of sp³-hybridized carbons (Fsp3) is 0.500. The molecule has 22 heavy (non-hydrogen) atoms. The fourth-order valence-electron chi connectivity index (χ4n) is 2.72. The number of amides is 2. The van der Waals surface area contributed by atoms with Crippen LogP contribution in [0.3, 0.4) is 0 Å². The van der Waals surface area contributed by atoms with Gasteiger partial charge < -0.3 is 15.3 Å². The van der Waals surface area contributed by atoms with Crippen molar-refractivity contribution in [2.45, 2.75) is 38.3 Å². The molecular weight excluding hydrogens is 287 g/mol. The van der Waals surface area contributed by atoms with Gasteiger partial charge in [0.05, 0.1) is 6.10 Å². The van der Waals surface area contributed by atoms with Crippen LogP contribution in [0.5, 0.6) is 0 Å². The Morgan fingerprint density at radius 3 is 2.77 bits per heavy atom. The van der Waals surface area contributed by atoms with E-state index in [1.807, 2.05) is 6.92 Å². The summed E-state index contributed by atoms with van der Waals surface area (Å²) < 4.78 is 13.6. The molecule has 0 aromatic heterocycles. The number of benzene rings is 1. The van der Waals surface area contributed by atoms with E-state index in [0.29, 0.717) is 19.4 Å². The lowest BCUT2D eigenvalue weighted by molar-refractivity contribution is -0.137. The van der Waals surface area contributed by atoms with E-state index in [9.17, 15) is 19.1 Å². The summed E-state index contributed by atoms with van der Waals surface area (Å²) in [6.45, 7) is 2.34. The lowest BCUT2D eigenvalue weighted by Crippen LogP contribution is -2.48. The third-order valence-corrected chi connectivity index (χ3v) is 3.91. The molecule has 1 fully saturated rings. The highest BCUT2D eigenvalue weighted by molar-refractivity contribution is 5.88. The van der Waals surface area contributed by atoms with Crippen molar-refractivity contribution in [1.82, 2.24) is 10.2 Å². The van der Waals surface area contributed by atoms with E-state index in [-0.39, 0.29) is 23.9 Å². The van der Waals surface area contributed by atoms with Crippen molar-refractivity contribution < 1.29 is 19.1 Å². The van der Waals surface area contributed by atoms with E-state index >= 15 is 0 Å². The summed E-state index contributed by atoms with van der Waals surface area (Å²) in [6.07, 6.45) is 0.632.